The molecule has 0 bridgehead atoms. The third kappa shape index (κ3) is 13.6. The maximum absolute atomic E-state index is 12.9. The zero-order chi connectivity index (χ0) is 35.2. The number of carbonyl (C=O) groups excluding carboxylic acids is 1. The Bertz CT molecular complexity index is 1720. The number of rotatable bonds is 7. The third-order valence-electron chi connectivity index (χ3n) is 7.91. The molecule has 4 heterocycles. The zero-order valence-electron chi connectivity index (χ0n) is 28.6. The van der Waals surface area contributed by atoms with Gasteiger partial charge in [-0.05, 0) is 74.6 Å². The van der Waals surface area contributed by atoms with Gasteiger partial charge in [-0.15, -0.1) is 0 Å². The van der Waals surface area contributed by atoms with Gasteiger partial charge in [-0.2, -0.15) is 8.42 Å². The summed E-state index contributed by atoms with van der Waals surface area (Å²) in [6.07, 6.45) is 5.93. The molecular weight excluding hydrogens is 645 g/mol. The van der Waals surface area contributed by atoms with Crippen molar-refractivity contribution in [1.82, 2.24) is 35.0 Å². The predicted octanol–water partition coefficient (Wildman–Crippen LogP) is 3.62. The number of nitrogens with zero attached hydrogens (tertiary/aromatic N) is 6. The Balaban J connectivity index is 0.000000382. The molecule has 0 saturated carbocycles. The minimum absolute atomic E-state index is 0.143. The number of piperazine rings is 2. The van der Waals surface area contributed by atoms with Crippen molar-refractivity contribution in [2.75, 3.05) is 83.3 Å². The monoisotopic (exact) mass is 691 g/mol. The maximum atomic E-state index is 12.9. The summed E-state index contributed by atoms with van der Waals surface area (Å²) >= 11 is 0. The second-order valence-electron chi connectivity index (χ2n) is 12.2. The molecule has 2 saturated heterocycles. The summed E-state index contributed by atoms with van der Waals surface area (Å²) in [6, 6.07) is 19.3. The van der Waals surface area contributed by atoms with Crippen LogP contribution in [-0.4, -0.2) is 121 Å². The van der Waals surface area contributed by atoms with Crippen molar-refractivity contribution in [3.8, 4) is 11.3 Å². The minimum atomic E-state index is -3.67. The van der Waals surface area contributed by atoms with Crippen LogP contribution in [-0.2, 0) is 16.7 Å². The molecule has 4 N–H and O–H groups in total. The Morgan fingerprint density at radius 3 is 2.22 bits per heavy atom. The first-order valence-electron chi connectivity index (χ1n) is 16.2. The molecule has 2 aromatic carbocycles. The Morgan fingerprint density at radius 1 is 0.939 bits per heavy atom. The highest BCUT2D eigenvalue weighted by atomic mass is 32.2. The van der Waals surface area contributed by atoms with Crippen LogP contribution in [0.25, 0.3) is 11.3 Å². The molecule has 6 rings (SSSR count). The van der Waals surface area contributed by atoms with Crippen LogP contribution in [0.1, 0.15) is 21.5 Å². The number of amides is 1. The minimum Gasteiger partial charge on any atom is -0.324 e. The van der Waals surface area contributed by atoms with Crippen molar-refractivity contribution in [1.29, 1.82) is 0 Å². The average Bonchev–Trinajstić information content (AvgIpc) is 3.08. The van der Waals surface area contributed by atoms with Crippen molar-refractivity contribution < 1.29 is 17.8 Å². The molecule has 0 atom stereocenters. The number of likely N-dealkylation sites (N-methyl/N-ethyl adjacent to an activating group) is 2. The highest BCUT2D eigenvalue weighted by Crippen LogP contribution is 2.25. The van der Waals surface area contributed by atoms with Gasteiger partial charge in [-0.25, -0.2) is 9.97 Å². The van der Waals surface area contributed by atoms with Crippen molar-refractivity contribution in [2.45, 2.75) is 13.5 Å². The van der Waals surface area contributed by atoms with E-state index in [1.54, 1.807) is 18.6 Å². The molecule has 2 aromatic heterocycles. The molecule has 4 aromatic rings. The molecule has 0 radical (unpaired) electrons. The lowest BCUT2D eigenvalue weighted by molar-refractivity contribution is 0.102. The van der Waals surface area contributed by atoms with E-state index in [4.69, 9.17) is 4.55 Å². The largest absolute Gasteiger partial charge is 0.324 e. The molecule has 262 valence electrons. The van der Waals surface area contributed by atoms with Crippen molar-refractivity contribution in [3.05, 3.63) is 95.9 Å². The third-order valence-corrected chi connectivity index (χ3v) is 7.91. The Hall–Kier alpha value is -4.31. The lowest BCUT2D eigenvalue weighted by Crippen LogP contribution is -2.43. The first-order valence-corrected chi connectivity index (χ1v) is 18.0. The SMILES string of the molecule is CN1CCNCC1.CS(=O)(=O)O.Cc1ccc(NC(=O)c2ccc(CN3CCN(C)CC3)cc2)cc1N[14c]1nccc(-c2cccnc2)n1. The summed E-state index contributed by atoms with van der Waals surface area (Å²) in [7, 11) is 0.647. The van der Waals surface area contributed by atoms with Crippen LogP contribution in [0.4, 0.5) is 17.3 Å². The number of anilines is 3. The molecule has 2 aliphatic rings. The van der Waals surface area contributed by atoms with E-state index in [1.165, 1.54) is 18.7 Å². The van der Waals surface area contributed by atoms with E-state index in [2.05, 4.69) is 59.7 Å². The second-order valence-corrected chi connectivity index (χ2v) is 13.6. The summed E-state index contributed by atoms with van der Waals surface area (Å²) in [5.74, 6) is 0.333. The number of hydrogen-bond acceptors (Lipinski definition) is 11. The number of aryl methyl sites for hydroxylation is 1. The predicted molar refractivity (Wildman–Crippen MR) is 195 cm³/mol. The van der Waals surface area contributed by atoms with E-state index in [1.807, 2.05) is 67.6 Å². The Morgan fingerprint density at radius 2 is 1.61 bits per heavy atom. The van der Waals surface area contributed by atoms with Crippen LogP contribution in [0, 0.1) is 6.92 Å². The van der Waals surface area contributed by atoms with Crippen LogP contribution >= 0.6 is 0 Å². The van der Waals surface area contributed by atoms with Crippen molar-refractivity contribution >= 4 is 33.3 Å². The van der Waals surface area contributed by atoms with E-state index in [-0.39, 0.29) is 5.91 Å². The number of nitrogens with one attached hydrogen (secondary N) is 3. The first-order chi connectivity index (χ1) is 23.4. The summed E-state index contributed by atoms with van der Waals surface area (Å²) < 4.78 is 25.9. The molecule has 2 fully saturated rings. The molecule has 13 nitrogen and oxygen atoms in total. The first kappa shape index (κ1) is 37.5. The molecule has 49 heavy (non-hydrogen) atoms. The van der Waals surface area contributed by atoms with Crippen LogP contribution in [0.15, 0.2) is 79.3 Å². The fourth-order valence-electron chi connectivity index (χ4n) is 5.05. The molecule has 0 aliphatic carbocycles. The summed E-state index contributed by atoms with van der Waals surface area (Å²) in [5, 5.41) is 9.57. The average molecular weight is 692 g/mol. The Kier molecular flexibility index (Phi) is 14.1. The lowest BCUT2D eigenvalue weighted by atomic mass is 10.1. The highest BCUT2D eigenvalue weighted by molar-refractivity contribution is 7.85. The van der Waals surface area contributed by atoms with Crippen LogP contribution in [0.5, 0.6) is 0 Å². The van der Waals surface area contributed by atoms with Gasteiger partial charge in [0.25, 0.3) is 16.0 Å². The highest BCUT2D eigenvalue weighted by Gasteiger charge is 2.15. The number of hydrogen-bond donors (Lipinski definition) is 4. The number of aromatic nitrogens is 3. The van der Waals surface area contributed by atoms with E-state index >= 15 is 0 Å². The molecular formula is C35H47N9O4S. The molecule has 2 aliphatic heterocycles. The summed E-state index contributed by atoms with van der Waals surface area (Å²) in [6.45, 7) is 12.0. The van der Waals surface area contributed by atoms with Gasteiger partial charge >= 0.3 is 0 Å². The van der Waals surface area contributed by atoms with Gasteiger partial charge in [0.15, 0.2) is 0 Å². The van der Waals surface area contributed by atoms with Crippen molar-refractivity contribution in [2.24, 2.45) is 0 Å². The summed E-state index contributed by atoms with van der Waals surface area (Å²) in [5.41, 5.74) is 6.08. The molecule has 1 amide bonds. The smallest absolute Gasteiger partial charge is 0.261 e. The number of carbonyl (C=O) groups is 1. The normalized spacial score (nSPS) is 15.6. The topological polar surface area (TPSA) is 156 Å². The fraction of sp³-hybridized carbons (Fsp3) is 0.371. The standard InChI is InChI=1S/C29H31N7O.C5H12N2.CH4O3S/c1-21-5-10-25(18-27(21)34-29-31-13-11-26(33-29)24-4-3-12-30-19-24)32-28(37)23-8-6-22(7-9-23)20-36-16-14-35(2)15-17-36;1-7-4-2-6-3-5-7;1-5(2,3)4/h3-13,18-19H,14-17,20H2,1-2H3,(H,32,37)(H,31,33,34);6H,2-5H2,1H3;1H3,(H,2,3,4)/i29+2;;. The van der Waals surface area contributed by atoms with Crippen molar-refractivity contribution in [3.63, 3.8) is 0 Å². The van der Waals surface area contributed by atoms with Gasteiger partial charge in [0.05, 0.1) is 11.9 Å². The Labute approximate surface area is 289 Å². The van der Waals surface area contributed by atoms with Gasteiger partial charge in [-0.1, -0.05) is 18.2 Å². The van der Waals surface area contributed by atoms with E-state index < -0.39 is 10.1 Å². The lowest BCUT2D eigenvalue weighted by Gasteiger charge is -2.32. The zero-order valence-corrected chi connectivity index (χ0v) is 29.4. The van der Waals surface area contributed by atoms with Gasteiger partial charge in [-0.3, -0.25) is 19.2 Å². The van der Waals surface area contributed by atoms with Gasteiger partial charge in [0, 0.05) is 100.0 Å². The van der Waals surface area contributed by atoms with Gasteiger partial charge in [0.1, 0.15) is 0 Å². The quantitative estimate of drug-likeness (QED) is 0.209. The van der Waals surface area contributed by atoms with Crippen LogP contribution < -0.4 is 16.0 Å². The van der Waals surface area contributed by atoms with Gasteiger partial charge < -0.3 is 25.8 Å². The number of pyridine rings is 1. The van der Waals surface area contributed by atoms with Crippen LogP contribution in [0.3, 0.4) is 0 Å². The number of benzene rings is 2. The van der Waals surface area contributed by atoms with E-state index in [0.29, 0.717) is 23.5 Å². The molecule has 14 heteroatoms. The summed E-state index contributed by atoms with van der Waals surface area (Å²) in [4.78, 5) is 33.2. The second kappa shape index (κ2) is 18.5. The van der Waals surface area contributed by atoms with E-state index in [0.717, 1.165) is 68.3 Å². The van der Waals surface area contributed by atoms with Gasteiger partial charge in [0.2, 0.25) is 5.95 Å². The van der Waals surface area contributed by atoms with Crippen LogP contribution in [0.2, 0.25) is 0 Å². The molecule has 0 spiro atoms. The molecule has 0 unspecified atom stereocenters. The maximum Gasteiger partial charge on any atom is 0.261 e. The van der Waals surface area contributed by atoms with E-state index in [9.17, 15) is 13.2 Å². The fourth-order valence-corrected chi connectivity index (χ4v) is 5.05.